The molecule has 0 atom stereocenters. The smallest absolute Gasteiger partial charge is 0.264 e. The van der Waals surface area contributed by atoms with E-state index in [1.165, 1.54) is 11.3 Å². The van der Waals surface area contributed by atoms with Crippen molar-refractivity contribution < 1.29 is 4.79 Å². The van der Waals surface area contributed by atoms with Gasteiger partial charge in [-0.3, -0.25) is 9.59 Å². The molecule has 23 heavy (non-hydrogen) atoms. The van der Waals surface area contributed by atoms with E-state index >= 15 is 0 Å². The Morgan fingerprint density at radius 3 is 2.74 bits per heavy atom. The van der Waals surface area contributed by atoms with Crippen LogP contribution < -0.4 is 5.56 Å². The highest BCUT2D eigenvalue weighted by molar-refractivity contribution is 9.11. The van der Waals surface area contributed by atoms with Crippen molar-refractivity contribution in [2.24, 2.45) is 0 Å². The molecule has 0 aliphatic carbocycles. The van der Waals surface area contributed by atoms with Crippen molar-refractivity contribution in [1.29, 1.82) is 0 Å². The molecule has 8 heteroatoms. The first-order valence-electron chi connectivity index (χ1n) is 6.86. The van der Waals surface area contributed by atoms with Crippen LogP contribution in [0, 0.1) is 13.8 Å². The first-order chi connectivity index (χ1) is 10.9. The molecule has 0 spiro atoms. The van der Waals surface area contributed by atoms with Gasteiger partial charge in [0, 0.05) is 11.9 Å². The molecule has 0 fully saturated rings. The minimum Gasteiger partial charge on any atom is -0.336 e. The average Bonchev–Trinajstić information content (AvgIpc) is 3.01. The second kappa shape index (κ2) is 6.18. The van der Waals surface area contributed by atoms with E-state index in [0.29, 0.717) is 33.0 Å². The lowest BCUT2D eigenvalue weighted by atomic mass is 10.2. The predicted molar refractivity (Wildman–Crippen MR) is 97.5 cm³/mol. The van der Waals surface area contributed by atoms with Crippen molar-refractivity contribution in [3.63, 3.8) is 0 Å². The summed E-state index contributed by atoms with van der Waals surface area (Å²) in [6.07, 6.45) is 0. The lowest BCUT2D eigenvalue weighted by Gasteiger charge is -2.15. The Morgan fingerprint density at radius 2 is 2.09 bits per heavy atom. The van der Waals surface area contributed by atoms with E-state index in [1.54, 1.807) is 37.1 Å². The molecule has 5 nitrogen and oxygen atoms in total. The zero-order valence-corrected chi connectivity index (χ0v) is 16.0. The van der Waals surface area contributed by atoms with E-state index in [2.05, 4.69) is 25.9 Å². The van der Waals surface area contributed by atoms with Crippen LogP contribution in [0.3, 0.4) is 0 Å². The quantitative estimate of drug-likeness (QED) is 0.714. The van der Waals surface area contributed by atoms with Crippen molar-refractivity contribution in [3.8, 4) is 0 Å². The maximum absolute atomic E-state index is 12.7. The molecule has 0 saturated heterocycles. The van der Waals surface area contributed by atoms with Gasteiger partial charge < -0.3 is 9.88 Å². The number of carbonyl (C=O) groups excluding carboxylic acids is 1. The van der Waals surface area contributed by atoms with Gasteiger partial charge in [0.05, 0.1) is 20.6 Å². The first kappa shape index (κ1) is 16.4. The monoisotopic (exact) mass is 411 g/mol. The summed E-state index contributed by atoms with van der Waals surface area (Å²) >= 11 is 6.30. The summed E-state index contributed by atoms with van der Waals surface area (Å²) in [7, 11) is 1.77. The SMILES string of the molecule is Cc1nc2sc(C(=O)N(C)Cc3ccc(Br)s3)c(C)c2c(=O)[nH]1. The van der Waals surface area contributed by atoms with E-state index < -0.39 is 0 Å². The molecule has 3 rings (SSSR count). The lowest BCUT2D eigenvalue weighted by molar-refractivity contribution is 0.0790. The highest BCUT2D eigenvalue weighted by Crippen LogP contribution is 2.29. The zero-order valence-electron chi connectivity index (χ0n) is 12.8. The molecule has 120 valence electrons. The highest BCUT2D eigenvalue weighted by atomic mass is 79.9. The Morgan fingerprint density at radius 1 is 1.35 bits per heavy atom. The number of aryl methyl sites for hydroxylation is 2. The summed E-state index contributed by atoms with van der Waals surface area (Å²) in [4.78, 5) is 35.8. The van der Waals surface area contributed by atoms with Crippen LogP contribution in [0.25, 0.3) is 10.2 Å². The fraction of sp³-hybridized carbons (Fsp3) is 0.267. The van der Waals surface area contributed by atoms with Crippen LogP contribution in [0.1, 0.15) is 25.9 Å². The largest absolute Gasteiger partial charge is 0.336 e. The summed E-state index contributed by atoms with van der Waals surface area (Å²) in [5, 5.41) is 0.510. The van der Waals surface area contributed by atoms with Crippen molar-refractivity contribution >= 4 is 54.7 Å². The summed E-state index contributed by atoms with van der Waals surface area (Å²) < 4.78 is 1.04. The van der Waals surface area contributed by atoms with Gasteiger partial charge in [-0.05, 0) is 47.5 Å². The number of aromatic nitrogens is 2. The fourth-order valence-electron chi connectivity index (χ4n) is 2.37. The normalized spacial score (nSPS) is 11.1. The summed E-state index contributed by atoms with van der Waals surface area (Å²) in [5.41, 5.74) is 0.508. The van der Waals surface area contributed by atoms with Crippen molar-refractivity contribution in [2.45, 2.75) is 20.4 Å². The number of amides is 1. The molecular formula is C15H14BrN3O2S2. The van der Waals surface area contributed by atoms with Crippen LogP contribution in [0.5, 0.6) is 0 Å². The molecule has 3 aromatic heterocycles. The van der Waals surface area contributed by atoms with Crippen LogP contribution in [0.2, 0.25) is 0 Å². The molecule has 0 unspecified atom stereocenters. The molecule has 0 aliphatic heterocycles. The predicted octanol–water partition coefficient (Wildman–Crippen LogP) is 3.70. The number of hydrogen-bond donors (Lipinski definition) is 1. The third-order valence-electron chi connectivity index (χ3n) is 3.48. The van der Waals surface area contributed by atoms with Gasteiger partial charge in [0.15, 0.2) is 0 Å². The number of aromatic amines is 1. The molecular weight excluding hydrogens is 398 g/mol. The molecule has 0 aliphatic rings. The molecule has 0 aromatic carbocycles. The maximum atomic E-state index is 12.7. The van der Waals surface area contributed by atoms with Crippen LogP contribution in [-0.4, -0.2) is 27.8 Å². The van der Waals surface area contributed by atoms with E-state index in [9.17, 15) is 9.59 Å². The zero-order chi connectivity index (χ0) is 16.7. The Bertz CT molecular complexity index is 957. The third kappa shape index (κ3) is 3.11. The standard InChI is InChI=1S/C15H14BrN3O2S2/c1-7-11-13(20)17-8(2)18-14(11)23-12(7)15(21)19(3)6-9-4-5-10(16)22-9/h4-5H,6H2,1-3H3,(H,17,18,20). The second-order valence-corrected chi connectivity index (χ2v) is 8.80. The van der Waals surface area contributed by atoms with E-state index in [-0.39, 0.29) is 11.5 Å². The molecule has 1 amide bonds. The number of H-pyrrole nitrogens is 1. The van der Waals surface area contributed by atoms with Crippen molar-refractivity contribution in [1.82, 2.24) is 14.9 Å². The highest BCUT2D eigenvalue weighted by Gasteiger charge is 2.21. The Kier molecular flexibility index (Phi) is 4.39. The number of thiophene rings is 2. The third-order valence-corrected chi connectivity index (χ3v) is 6.26. The van der Waals surface area contributed by atoms with Crippen LogP contribution in [0.15, 0.2) is 20.7 Å². The van der Waals surface area contributed by atoms with Gasteiger partial charge >= 0.3 is 0 Å². The fourth-order valence-corrected chi connectivity index (χ4v) is 5.13. The minimum absolute atomic E-state index is 0.0907. The maximum Gasteiger partial charge on any atom is 0.264 e. The van der Waals surface area contributed by atoms with Gasteiger partial charge in [-0.2, -0.15) is 0 Å². The van der Waals surface area contributed by atoms with Crippen molar-refractivity contribution in [2.75, 3.05) is 7.05 Å². The van der Waals surface area contributed by atoms with Gasteiger partial charge in [0.2, 0.25) is 0 Å². The average molecular weight is 412 g/mol. The van der Waals surface area contributed by atoms with Crippen molar-refractivity contribution in [3.05, 3.63) is 47.4 Å². The first-order valence-corrected chi connectivity index (χ1v) is 9.29. The van der Waals surface area contributed by atoms with E-state index in [4.69, 9.17) is 0 Å². The summed E-state index contributed by atoms with van der Waals surface area (Å²) in [6, 6.07) is 3.96. The topological polar surface area (TPSA) is 66.1 Å². The molecule has 0 bridgehead atoms. The number of carbonyl (C=O) groups is 1. The number of nitrogens with zero attached hydrogens (tertiary/aromatic N) is 2. The van der Waals surface area contributed by atoms with Crippen LogP contribution in [-0.2, 0) is 6.54 Å². The van der Waals surface area contributed by atoms with Gasteiger partial charge in [0.1, 0.15) is 10.7 Å². The van der Waals surface area contributed by atoms with Gasteiger partial charge in [-0.25, -0.2) is 4.98 Å². The number of rotatable bonds is 3. The Balaban J connectivity index is 1.96. The molecule has 0 saturated carbocycles. The Hall–Kier alpha value is -1.51. The summed E-state index contributed by atoms with van der Waals surface area (Å²) in [6.45, 7) is 4.07. The molecule has 0 radical (unpaired) electrons. The molecule has 3 aromatic rings. The number of nitrogens with one attached hydrogen (secondary N) is 1. The number of halogens is 1. The molecule has 1 N–H and O–H groups in total. The lowest BCUT2D eigenvalue weighted by Crippen LogP contribution is -2.25. The second-order valence-electron chi connectivity index (χ2n) is 5.25. The Labute approximate surface area is 149 Å². The summed E-state index contributed by atoms with van der Waals surface area (Å²) in [5.74, 6) is 0.464. The minimum atomic E-state index is -0.190. The van der Waals surface area contributed by atoms with Gasteiger partial charge in [0.25, 0.3) is 11.5 Å². The van der Waals surface area contributed by atoms with E-state index in [0.717, 1.165) is 8.66 Å². The van der Waals surface area contributed by atoms with Gasteiger partial charge in [-0.1, -0.05) is 0 Å². The number of hydrogen-bond acceptors (Lipinski definition) is 5. The van der Waals surface area contributed by atoms with Crippen LogP contribution in [0.4, 0.5) is 0 Å². The van der Waals surface area contributed by atoms with E-state index in [1.807, 2.05) is 12.1 Å². The van der Waals surface area contributed by atoms with Gasteiger partial charge in [-0.15, -0.1) is 22.7 Å². The number of fused-ring (bicyclic) bond motifs is 1. The molecule has 3 heterocycles. The van der Waals surface area contributed by atoms with Crippen LogP contribution >= 0.6 is 38.6 Å².